The smallest absolute Gasteiger partial charge is 0.127 e. The van der Waals surface area contributed by atoms with Gasteiger partial charge in [-0.1, -0.05) is 29.8 Å². The van der Waals surface area contributed by atoms with E-state index in [1.807, 2.05) is 0 Å². The Labute approximate surface area is 130 Å². The first-order valence-corrected chi connectivity index (χ1v) is 8.18. The maximum atomic E-state index is 5.71. The summed E-state index contributed by atoms with van der Waals surface area (Å²) in [7, 11) is 0. The first-order chi connectivity index (χ1) is 9.66. The van der Waals surface area contributed by atoms with Crippen molar-refractivity contribution in [2.75, 3.05) is 26.4 Å². The van der Waals surface area contributed by atoms with Crippen LogP contribution in [0.2, 0.25) is 0 Å². The van der Waals surface area contributed by atoms with Crippen LogP contribution < -0.4 is 10.1 Å². The summed E-state index contributed by atoms with van der Waals surface area (Å²) < 4.78 is 12.4. The number of halogens is 1. The molecule has 0 spiro atoms. The van der Waals surface area contributed by atoms with Crippen molar-refractivity contribution in [1.29, 1.82) is 0 Å². The highest BCUT2D eigenvalue weighted by Gasteiger charge is 2.16. The van der Waals surface area contributed by atoms with Crippen LogP contribution in [0.4, 0.5) is 0 Å². The zero-order valence-electron chi connectivity index (χ0n) is 12.4. The molecule has 0 atom stereocenters. The highest BCUT2D eigenvalue weighted by Crippen LogP contribution is 2.32. The Morgan fingerprint density at radius 1 is 1.35 bits per heavy atom. The lowest BCUT2D eigenvalue weighted by Gasteiger charge is -2.11. The van der Waals surface area contributed by atoms with Crippen LogP contribution in [0, 0.1) is 5.92 Å². The van der Waals surface area contributed by atoms with E-state index in [-0.39, 0.29) is 0 Å². The molecule has 4 heteroatoms. The maximum absolute atomic E-state index is 5.71. The fraction of sp³-hybridized carbons (Fsp3) is 0.625. The summed E-state index contributed by atoms with van der Waals surface area (Å²) in [5.41, 5.74) is 2.54. The third-order valence-electron chi connectivity index (χ3n) is 3.40. The Bertz CT molecular complexity index is 435. The van der Waals surface area contributed by atoms with Gasteiger partial charge in [-0.3, -0.25) is 0 Å². The van der Waals surface area contributed by atoms with Crippen LogP contribution in [0.3, 0.4) is 0 Å². The SMILES string of the molecule is CC(C)CCOCCNCc1cc(Br)cc2c1OCC2. The minimum absolute atomic E-state index is 0.712. The van der Waals surface area contributed by atoms with Gasteiger partial charge < -0.3 is 14.8 Å². The van der Waals surface area contributed by atoms with Crippen molar-refractivity contribution >= 4 is 15.9 Å². The lowest BCUT2D eigenvalue weighted by Crippen LogP contribution is -2.20. The van der Waals surface area contributed by atoms with Crippen LogP contribution in [-0.4, -0.2) is 26.4 Å². The van der Waals surface area contributed by atoms with Gasteiger partial charge in [0.05, 0.1) is 13.2 Å². The van der Waals surface area contributed by atoms with Gasteiger partial charge >= 0.3 is 0 Å². The monoisotopic (exact) mass is 341 g/mol. The molecule has 1 heterocycles. The summed E-state index contributed by atoms with van der Waals surface area (Å²) in [6.45, 7) is 8.56. The van der Waals surface area contributed by atoms with E-state index in [2.05, 4.69) is 47.2 Å². The van der Waals surface area contributed by atoms with Gasteiger partial charge in [0.2, 0.25) is 0 Å². The van der Waals surface area contributed by atoms with Gasteiger partial charge in [-0.25, -0.2) is 0 Å². The van der Waals surface area contributed by atoms with Gasteiger partial charge in [0.25, 0.3) is 0 Å². The van der Waals surface area contributed by atoms with E-state index >= 15 is 0 Å². The fourth-order valence-electron chi connectivity index (χ4n) is 2.27. The number of nitrogens with one attached hydrogen (secondary N) is 1. The largest absolute Gasteiger partial charge is 0.493 e. The fourth-order valence-corrected chi connectivity index (χ4v) is 2.82. The molecule has 0 aliphatic carbocycles. The van der Waals surface area contributed by atoms with Crippen LogP contribution in [0.15, 0.2) is 16.6 Å². The summed E-state index contributed by atoms with van der Waals surface area (Å²) >= 11 is 3.56. The Kier molecular flexibility index (Phi) is 6.33. The van der Waals surface area contributed by atoms with Gasteiger partial charge in [-0.2, -0.15) is 0 Å². The molecule has 0 unspecified atom stereocenters. The lowest BCUT2D eigenvalue weighted by atomic mass is 10.1. The summed E-state index contributed by atoms with van der Waals surface area (Å²) in [4.78, 5) is 0. The van der Waals surface area contributed by atoms with Gasteiger partial charge in [0.1, 0.15) is 5.75 Å². The van der Waals surface area contributed by atoms with Crippen LogP contribution in [0.25, 0.3) is 0 Å². The zero-order valence-corrected chi connectivity index (χ0v) is 14.0. The predicted octanol–water partition coefficient (Wildman–Crippen LogP) is 3.54. The van der Waals surface area contributed by atoms with Crippen LogP contribution in [-0.2, 0) is 17.7 Å². The van der Waals surface area contributed by atoms with Crippen molar-refractivity contribution < 1.29 is 9.47 Å². The second kappa shape index (κ2) is 8.01. The molecule has 0 fully saturated rings. The highest BCUT2D eigenvalue weighted by molar-refractivity contribution is 9.10. The van der Waals surface area contributed by atoms with Gasteiger partial charge in [0.15, 0.2) is 0 Å². The molecule has 0 amide bonds. The van der Waals surface area contributed by atoms with E-state index in [9.17, 15) is 0 Å². The number of hydrogen-bond donors (Lipinski definition) is 1. The van der Waals surface area contributed by atoms with E-state index in [4.69, 9.17) is 9.47 Å². The standard InChI is InChI=1S/C16H24BrNO2/c1-12(2)3-6-19-8-5-18-11-14-10-15(17)9-13-4-7-20-16(13)14/h9-10,12,18H,3-8,11H2,1-2H3. The lowest BCUT2D eigenvalue weighted by molar-refractivity contribution is 0.125. The Morgan fingerprint density at radius 2 is 2.20 bits per heavy atom. The van der Waals surface area contributed by atoms with Crippen molar-refractivity contribution in [3.8, 4) is 5.75 Å². The molecular formula is C16H24BrNO2. The second-order valence-electron chi connectivity index (χ2n) is 5.62. The van der Waals surface area contributed by atoms with Gasteiger partial charge in [0, 0.05) is 36.2 Å². The molecule has 1 aromatic carbocycles. The summed E-state index contributed by atoms with van der Waals surface area (Å²) in [5.74, 6) is 1.78. The van der Waals surface area contributed by atoms with Crippen LogP contribution in [0.1, 0.15) is 31.4 Å². The molecule has 20 heavy (non-hydrogen) atoms. The van der Waals surface area contributed by atoms with E-state index in [0.717, 1.165) is 56.0 Å². The van der Waals surface area contributed by atoms with E-state index < -0.39 is 0 Å². The molecular weight excluding hydrogens is 318 g/mol. The van der Waals surface area contributed by atoms with Crippen molar-refractivity contribution in [1.82, 2.24) is 5.32 Å². The molecule has 1 aromatic rings. The molecule has 0 bridgehead atoms. The number of hydrogen-bond acceptors (Lipinski definition) is 3. The molecule has 3 nitrogen and oxygen atoms in total. The highest BCUT2D eigenvalue weighted by atomic mass is 79.9. The summed E-state index contributed by atoms with van der Waals surface area (Å²) in [5, 5.41) is 3.42. The van der Waals surface area contributed by atoms with Crippen molar-refractivity contribution in [2.24, 2.45) is 5.92 Å². The molecule has 1 aliphatic heterocycles. The maximum Gasteiger partial charge on any atom is 0.127 e. The zero-order chi connectivity index (χ0) is 14.4. The van der Waals surface area contributed by atoms with E-state index in [1.54, 1.807) is 0 Å². The normalized spacial score (nSPS) is 13.6. The van der Waals surface area contributed by atoms with Crippen molar-refractivity contribution in [3.05, 3.63) is 27.7 Å². The molecule has 0 saturated heterocycles. The van der Waals surface area contributed by atoms with Crippen LogP contribution >= 0.6 is 15.9 Å². The van der Waals surface area contributed by atoms with E-state index in [1.165, 1.54) is 11.1 Å². The Morgan fingerprint density at radius 3 is 3.00 bits per heavy atom. The number of ether oxygens (including phenoxy) is 2. The number of fused-ring (bicyclic) bond motifs is 1. The minimum Gasteiger partial charge on any atom is -0.493 e. The van der Waals surface area contributed by atoms with Crippen LogP contribution in [0.5, 0.6) is 5.75 Å². The van der Waals surface area contributed by atoms with E-state index in [0.29, 0.717) is 5.92 Å². The molecule has 0 radical (unpaired) electrons. The molecule has 0 aromatic heterocycles. The molecule has 1 aliphatic rings. The summed E-state index contributed by atoms with van der Waals surface area (Å²) in [6, 6.07) is 4.29. The number of benzene rings is 1. The third-order valence-corrected chi connectivity index (χ3v) is 3.86. The average Bonchev–Trinajstić information content (AvgIpc) is 2.85. The van der Waals surface area contributed by atoms with Crippen molar-refractivity contribution in [3.63, 3.8) is 0 Å². The average molecular weight is 342 g/mol. The Balaban J connectivity index is 1.70. The first kappa shape index (κ1) is 15.8. The third kappa shape index (κ3) is 4.76. The Hall–Kier alpha value is -0.580. The van der Waals surface area contributed by atoms with Gasteiger partial charge in [-0.05, 0) is 30.0 Å². The molecule has 1 N–H and O–H groups in total. The molecule has 0 saturated carbocycles. The minimum atomic E-state index is 0.712. The second-order valence-corrected chi connectivity index (χ2v) is 6.54. The van der Waals surface area contributed by atoms with Crippen molar-refractivity contribution in [2.45, 2.75) is 33.2 Å². The number of rotatable bonds is 8. The molecule has 112 valence electrons. The summed E-state index contributed by atoms with van der Waals surface area (Å²) in [6.07, 6.45) is 2.15. The van der Waals surface area contributed by atoms with Gasteiger partial charge in [-0.15, -0.1) is 0 Å². The molecule has 2 rings (SSSR count). The predicted molar refractivity (Wildman–Crippen MR) is 85.3 cm³/mol. The first-order valence-electron chi connectivity index (χ1n) is 7.39. The quantitative estimate of drug-likeness (QED) is 0.733. The topological polar surface area (TPSA) is 30.5 Å².